The van der Waals surface area contributed by atoms with Gasteiger partial charge in [-0.15, -0.1) is 0 Å². The van der Waals surface area contributed by atoms with Crippen LogP contribution in [0.5, 0.6) is 5.75 Å². The van der Waals surface area contributed by atoms with E-state index < -0.39 is 5.54 Å². The number of carbonyl (C=O) groups excluding carboxylic acids is 1. The van der Waals surface area contributed by atoms with Gasteiger partial charge < -0.3 is 19.6 Å². The normalized spacial score (nSPS) is 14.6. The second-order valence-electron chi connectivity index (χ2n) is 6.75. The van der Waals surface area contributed by atoms with E-state index in [1.165, 1.54) is 18.4 Å². The van der Waals surface area contributed by atoms with Crippen LogP contribution in [0, 0.1) is 0 Å². The van der Waals surface area contributed by atoms with E-state index in [-0.39, 0.29) is 19.1 Å². The number of nitrogens with one attached hydrogen (secondary N) is 1. The van der Waals surface area contributed by atoms with E-state index in [2.05, 4.69) is 5.32 Å². The van der Waals surface area contributed by atoms with Gasteiger partial charge in [0.1, 0.15) is 17.1 Å². The first-order valence-electron chi connectivity index (χ1n) is 8.07. The van der Waals surface area contributed by atoms with Crippen molar-refractivity contribution in [1.29, 1.82) is 0 Å². The Morgan fingerprint density at radius 2 is 2.13 bits per heavy atom. The fraction of sp³-hybridized carbons (Fsp3) is 0.500. The largest absolute Gasteiger partial charge is 0.484 e. The Hall–Kier alpha value is -2.01. The Bertz CT molecular complexity index is 717. The molecule has 2 aromatic rings. The molecule has 1 amide bonds. The first kappa shape index (κ1) is 15.9. The molecule has 1 aromatic carbocycles. The van der Waals surface area contributed by atoms with Crippen molar-refractivity contribution < 1.29 is 19.1 Å². The number of fused-ring (bicyclic) bond motifs is 3. The van der Waals surface area contributed by atoms with Crippen molar-refractivity contribution in [2.45, 2.75) is 45.1 Å². The zero-order valence-electron chi connectivity index (χ0n) is 13.6. The van der Waals surface area contributed by atoms with Gasteiger partial charge in [0, 0.05) is 17.4 Å². The molecular formula is C18H23NO4. The minimum Gasteiger partial charge on any atom is -0.484 e. The average molecular weight is 317 g/mol. The zero-order chi connectivity index (χ0) is 16.4. The molecule has 0 radical (unpaired) electrons. The number of benzene rings is 1. The molecule has 0 saturated heterocycles. The van der Waals surface area contributed by atoms with Crippen LogP contribution in [0.25, 0.3) is 11.0 Å². The summed E-state index contributed by atoms with van der Waals surface area (Å²) in [7, 11) is 0. The first-order chi connectivity index (χ1) is 11.0. The third-order valence-corrected chi connectivity index (χ3v) is 4.17. The highest BCUT2D eigenvalue weighted by atomic mass is 16.5. The van der Waals surface area contributed by atoms with Crippen molar-refractivity contribution in [3.8, 4) is 5.75 Å². The van der Waals surface area contributed by atoms with Gasteiger partial charge in [0.15, 0.2) is 6.61 Å². The lowest BCUT2D eigenvalue weighted by molar-refractivity contribution is -0.125. The number of aliphatic hydroxyl groups excluding tert-OH is 1. The number of rotatable bonds is 5. The summed E-state index contributed by atoms with van der Waals surface area (Å²) < 4.78 is 11.5. The summed E-state index contributed by atoms with van der Waals surface area (Å²) >= 11 is 0. The number of amides is 1. The Morgan fingerprint density at radius 1 is 1.35 bits per heavy atom. The molecule has 0 atom stereocenters. The number of hydrogen-bond donors (Lipinski definition) is 2. The molecule has 2 N–H and O–H groups in total. The molecule has 0 bridgehead atoms. The number of furan rings is 1. The number of ether oxygens (including phenoxy) is 1. The van der Waals surface area contributed by atoms with Crippen molar-refractivity contribution in [3.63, 3.8) is 0 Å². The smallest absolute Gasteiger partial charge is 0.258 e. The summed E-state index contributed by atoms with van der Waals surface area (Å²) in [5, 5.41) is 13.0. The van der Waals surface area contributed by atoms with Crippen molar-refractivity contribution in [3.05, 3.63) is 29.5 Å². The maximum atomic E-state index is 11.9. The summed E-state index contributed by atoms with van der Waals surface area (Å²) in [4.78, 5) is 11.9. The van der Waals surface area contributed by atoms with Crippen LogP contribution in [0.1, 0.15) is 38.0 Å². The predicted octanol–water partition coefficient (Wildman–Crippen LogP) is 2.58. The standard InChI is InChI=1S/C18H23NO4/c1-18(2,11-20)19-17(21)10-22-12-7-8-16-14(9-12)13-5-3-4-6-15(13)23-16/h7-9,20H,3-6,10-11H2,1-2H3,(H,19,21). The van der Waals surface area contributed by atoms with Crippen LogP contribution in [0.2, 0.25) is 0 Å². The van der Waals surface area contributed by atoms with Crippen LogP contribution in [-0.2, 0) is 17.6 Å². The van der Waals surface area contributed by atoms with E-state index in [0.29, 0.717) is 5.75 Å². The van der Waals surface area contributed by atoms with Gasteiger partial charge in [-0.25, -0.2) is 0 Å². The van der Waals surface area contributed by atoms with Crippen molar-refractivity contribution in [2.24, 2.45) is 0 Å². The van der Waals surface area contributed by atoms with Gasteiger partial charge in [-0.05, 0) is 51.3 Å². The van der Waals surface area contributed by atoms with Crippen LogP contribution >= 0.6 is 0 Å². The fourth-order valence-corrected chi connectivity index (χ4v) is 2.93. The number of aliphatic hydroxyl groups is 1. The van der Waals surface area contributed by atoms with Gasteiger partial charge >= 0.3 is 0 Å². The third kappa shape index (κ3) is 3.50. The number of carbonyl (C=O) groups is 1. The fourth-order valence-electron chi connectivity index (χ4n) is 2.93. The summed E-state index contributed by atoms with van der Waals surface area (Å²) in [5.74, 6) is 1.49. The van der Waals surface area contributed by atoms with E-state index in [0.717, 1.165) is 29.6 Å². The van der Waals surface area contributed by atoms with E-state index >= 15 is 0 Å². The molecule has 1 heterocycles. The Labute approximate surface area is 135 Å². The molecule has 23 heavy (non-hydrogen) atoms. The highest BCUT2D eigenvalue weighted by Gasteiger charge is 2.20. The first-order valence-corrected chi connectivity index (χ1v) is 8.07. The van der Waals surface area contributed by atoms with Crippen molar-refractivity contribution in [1.82, 2.24) is 5.32 Å². The second kappa shape index (κ2) is 6.24. The van der Waals surface area contributed by atoms with Gasteiger partial charge in [-0.3, -0.25) is 4.79 Å². The Morgan fingerprint density at radius 3 is 2.91 bits per heavy atom. The minimum atomic E-state index is -0.645. The topological polar surface area (TPSA) is 71.7 Å². The molecule has 124 valence electrons. The predicted molar refractivity (Wildman–Crippen MR) is 87.7 cm³/mol. The van der Waals surface area contributed by atoms with E-state index in [9.17, 15) is 4.79 Å². The number of hydrogen-bond acceptors (Lipinski definition) is 4. The summed E-state index contributed by atoms with van der Waals surface area (Å²) in [6.45, 7) is 3.32. The number of aryl methyl sites for hydroxylation is 2. The molecule has 5 nitrogen and oxygen atoms in total. The van der Waals surface area contributed by atoms with Crippen LogP contribution in [-0.4, -0.2) is 29.8 Å². The molecule has 0 aliphatic heterocycles. The van der Waals surface area contributed by atoms with Crippen molar-refractivity contribution >= 4 is 16.9 Å². The van der Waals surface area contributed by atoms with Crippen LogP contribution in [0.3, 0.4) is 0 Å². The lowest BCUT2D eigenvalue weighted by Gasteiger charge is -2.23. The SMILES string of the molecule is CC(C)(CO)NC(=O)COc1ccc2oc3c(c2c1)CCCC3. The maximum absolute atomic E-state index is 11.9. The Balaban J connectivity index is 1.70. The highest BCUT2D eigenvalue weighted by molar-refractivity contribution is 5.84. The van der Waals surface area contributed by atoms with Gasteiger partial charge in [-0.1, -0.05) is 0 Å². The average Bonchev–Trinajstić information content (AvgIpc) is 2.90. The molecule has 1 aliphatic carbocycles. The van der Waals surface area contributed by atoms with Crippen molar-refractivity contribution in [2.75, 3.05) is 13.2 Å². The second-order valence-corrected chi connectivity index (χ2v) is 6.75. The third-order valence-electron chi connectivity index (χ3n) is 4.17. The zero-order valence-corrected chi connectivity index (χ0v) is 13.6. The highest BCUT2D eigenvalue weighted by Crippen LogP contribution is 2.33. The molecule has 0 unspecified atom stereocenters. The van der Waals surface area contributed by atoms with Gasteiger partial charge in [-0.2, -0.15) is 0 Å². The van der Waals surface area contributed by atoms with Gasteiger partial charge in [0.25, 0.3) is 5.91 Å². The lowest BCUT2D eigenvalue weighted by atomic mass is 9.96. The lowest BCUT2D eigenvalue weighted by Crippen LogP contribution is -2.48. The molecule has 0 spiro atoms. The van der Waals surface area contributed by atoms with E-state index in [1.54, 1.807) is 13.8 Å². The summed E-state index contributed by atoms with van der Waals surface area (Å²) in [6, 6.07) is 5.67. The van der Waals surface area contributed by atoms with Crippen LogP contribution in [0.15, 0.2) is 22.6 Å². The Kier molecular flexibility index (Phi) is 4.31. The maximum Gasteiger partial charge on any atom is 0.258 e. The van der Waals surface area contributed by atoms with Gasteiger partial charge in [0.05, 0.1) is 12.1 Å². The molecule has 1 aliphatic rings. The van der Waals surface area contributed by atoms with E-state index in [4.69, 9.17) is 14.3 Å². The molecule has 1 aromatic heterocycles. The van der Waals surface area contributed by atoms with Gasteiger partial charge in [0.2, 0.25) is 0 Å². The van der Waals surface area contributed by atoms with Crippen LogP contribution in [0.4, 0.5) is 0 Å². The quantitative estimate of drug-likeness (QED) is 0.889. The minimum absolute atomic E-state index is 0.0744. The molecule has 5 heteroatoms. The molecule has 0 fully saturated rings. The summed E-state index contributed by atoms with van der Waals surface area (Å²) in [6.07, 6.45) is 4.40. The monoisotopic (exact) mass is 317 g/mol. The molecule has 3 rings (SSSR count). The van der Waals surface area contributed by atoms with Crippen LogP contribution < -0.4 is 10.1 Å². The molecular weight excluding hydrogens is 294 g/mol. The van der Waals surface area contributed by atoms with E-state index in [1.807, 2.05) is 18.2 Å². The molecule has 0 saturated carbocycles. The summed E-state index contributed by atoms with van der Waals surface area (Å²) in [5.41, 5.74) is 1.52.